The van der Waals surface area contributed by atoms with E-state index in [1.807, 2.05) is 13.8 Å². The lowest BCUT2D eigenvalue weighted by Gasteiger charge is -2.13. The van der Waals surface area contributed by atoms with Gasteiger partial charge in [-0.2, -0.15) is 0 Å². The minimum Gasteiger partial charge on any atom is -0.493 e. The zero-order valence-corrected chi connectivity index (χ0v) is 9.59. The van der Waals surface area contributed by atoms with Crippen LogP contribution >= 0.6 is 0 Å². The molecule has 1 N–H and O–H groups in total. The van der Waals surface area contributed by atoms with Crippen molar-refractivity contribution in [3.63, 3.8) is 0 Å². The minimum absolute atomic E-state index is 0.327. The monoisotopic (exact) mass is 229 g/mol. The minimum atomic E-state index is -0.878. The smallest absolute Gasteiger partial charge is 0.162 e. The fraction of sp³-hybridized carbons (Fsp3) is 0.500. The highest BCUT2D eigenvalue weighted by atomic mass is 19.2. The molecule has 4 heteroatoms. The molecule has 1 rings (SSSR count). The van der Waals surface area contributed by atoms with Crippen LogP contribution in [0.4, 0.5) is 8.78 Å². The van der Waals surface area contributed by atoms with E-state index < -0.39 is 11.6 Å². The Morgan fingerprint density at radius 2 is 2.06 bits per heavy atom. The first-order valence-corrected chi connectivity index (χ1v) is 5.42. The third kappa shape index (κ3) is 4.14. The quantitative estimate of drug-likeness (QED) is 0.809. The molecule has 0 aromatic heterocycles. The number of nitrogens with one attached hydrogen (secondary N) is 1. The van der Waals surface area contributed by atoms with Crippen molar-refractivity contribution in [3.05, 3.63) is 29.8 Å². The average Bonchev–Trinajstić information content (AvgIpc) is 2.28. The molecule has 0 saturated heterocycles. The van der Waals surface area contributed by atoms with Crippen molar-refractivity contribution in [2.45, 2.75) is 13.8 Å². The summed E-state index contributed by atoms with van der Waals surface area (Å²) in [5, 5.41) is 3.19. The summed E-state index contributed by atoms with van der Waals surface area (Å²) in [6.07, 6.45) is 0. The van der Waals surface area contributed by atoms with Gasteiger partial charge in [-0.25, -0.2) is 8.78 Å². The van der Waals surface area contributed by atoms with Gasteiger partial charge in [0.25, 0.3) is 0 Å². The van der Waals surface area contributed by atoms with Crippen molar-refractivity contribution in [3.8, 4) is 5.75 Å². The molecule has 16 heavy (non-hydrogen) atoms. The topological polar surface area (TPSA) is 21.3 Å². The van der Waals surface area contributed by atoms with Crippen LogP contribution in [0.15, 0.2) is 18.2 Å². The van der Waals surface area contributed by atoms with Crippen molar-refractivity contribution in [1.29, 1.82) is 0 Å². The molecule has 0 bridgehead atoms. The molecule has 0 spiro atoms. The fourth-order valence-corrected chi connectivity index (χ4v) is 1.25. The predicted molar refractivity (Wildman–Crippen MR) is 59.6 cm³/mol. The van der Waals surface area contributed by atoms with Crippen molar-refractivity contribution < 1.29 is 13.5 Å². The van der Waals surface area contributed by atoms with Gasteiger partial charge in [0.1, 0.15) is 5.75 Å². The van der Waals surface area contributed by atoms with E-state index in [0.29, 0.717) is 18.3 Å². The van der Waals surface area contributed by atoms with Gasteiger partial charge in [-0.05, 0) is 18.7 Å². The molecule has 0 saturated carbocycles. The molecular formula is C12H17F2NO. The van der Waals surface area contributed by atoms with Crippen LogP contribution in [0.3, 0.4) is 0 Å². The molecule has 0 radical (unpaired) electrons. The van der Waals surface area contributed by atoms with Gasteiger partial charge in [0.05, 0.1) is 6.61 Å². The summed E-state index contributed by atoms with van der Waals surface area (Å²) in [4.78, 5) is 0. The lowest BCUT2D eigenvalue weighted by molar-refractivity contribution is 0.255. The Hall–Kier alpha value is -1.16. The van der Waals surface area contributed by atoms with Crippen molar-refractivity contribution in [2.24, 2.45) is 5.92 Å². The summed E-state index contributed by atoms with van der Waals surface area (Å²) >= 11 is 0. The normalized spacial score (nSPS) is 12.5. The summed E-state index contributed by atoms with van der Waals surface area (Å²) in [6.45, 7) is 6.30. The maximum atomic E-state index is 12.8. The zero-order chi connectivity index (χ0) is 12.0. The molecular weight excluding hydrogens is 212 g/mol. The first-order valence-electron chi connectivity index (χ1n) is 5.42. The van der Waals surface area contributed by atoms with Gasteiger partial charge in [0.15, 0.2) is 11.6 Å². The fourth-order valence-electron chi connectivity index (χ4n) is 1.25. The Labute approximate surface area is 94.6 Å². The third-order valence-corrected chi connectivity index (χ3v) is 2.17. The second-order valence-corrected chi connectivity index (χ2v) is 3.80. The standard InChI is InChI=1S/C12H17F2NO/c1-3-15-7-9(2)8-16-10-4-5-11(13)12(14)6-10/h4-6,9,15H,3,7-8H2,1-2H3. The molecule has 0 amide bonds. The van der Waals surface area contributed by atoms with E-state index >= 15 is 0 Å². The molecule has 0 heterocycles. The van der Waals surface area contributed by atoms with E-state index in [4.69, 9.17) is 4.74 Å². The van der Waals surface area contributed by atoms with Crippen LogP contribution in [0.1, 0.15) is 13.8 Å². The van der Waals surface area contributed by atoms with Gasteiger partial charge in [-0.3, -0.25) is 0 Å². The first kappa shape index (κ1) is 12.9. The van der Waals surface area contributed by atoms with Crippen molar-refractivity contribution >= 4 is 0 Å². The van der Waals surface area contributed by atoms with Gasteiger partial charge >= 0.3 is 0 Å². The molecule has 2 nitrogen and oxygen atoms in total. The van der Waals surface area contributed by atoms with Gasteiger partial charge in [-0.1, -0.05) is 13.8 Å². The summed E-state index contributed by atoms with van der Waals surface area (Å²) < 4.78 is 30.8. The molecule has 0 aliphatic rings. The zero-order valence-electron chi connectivity index (χ0n) is 9.59. The summed E-state index contributed by atoms with van der Waals surface area (Å²) in [5.74, 6) is -1.04. The molecule has 1 atom stereocenters. The maximum Gasteiger partial charge on any atom is 0.162 e. The highest BCUT2D eigenvalue weighted by molar-refractivity contribution is 5.23. The number of rotatable bonds is 6. The lowest BCUT2D eigenvalue weighted by atomic mass is 10.2. The van der Waals surface area contributed by atoms with E-state index in [0.717, 1.165) is 25.2 Å². The van der Waals surface area contributed by atoms with E-state index in [1.165, 1.54) is 6.07 Å². The van der Waals surface area contributed by atoms with Crippen LogP contribution in [-0.2, 0) is 0 Å². The van der Waals surface area contributed by atoms with Crippen LogP contribution in [0.25, 0.3) is 0 Å². The Bertz CT molecular complexity index is 331. The van der Waals surface area contributed by atoms with Crippen LogP contribution < -0.4 is 10.1 Å². The molecule has 1 unspecified atom stereocenters. The highest BCUT2D eigenvalue weighted by Crippen LogP contribution is 2.15. The number of ether oxygens (including phenoxy) is 1. The number of halogens is 2. The number of benzene rings is 1. The largest absolute Gasteiger partial charge is 0.493 e. The summed E-state index contributed by atoms with van der Waals surface area (Å²) in [6, 6.07) is 3.56. The van der Waals surface area contributed by atoms with E-state index in [-0.39, 0.29) is 0 Å². The van der Waals surface area contributed by atoms with Crippen LogP contribution in [0, 0.1) is 17.6 Å². The first-order chi connectivity index (χ1) is 7.63. The van der Waals surface area contributed by atoms with E-state index in [9.17, 15) is 8.78 Å². The molecule has 1 aromatic rings. The highest BCUT2D eigenvalue weighted by Gasteiger charge is 2.05. The second kappa shape index (κ2) is 6.43. The Balaban J connectivity index is 2.39. The van der Waals surface area contributed by atoms with Crippen LogP contribution in [0.5, 0.6) is 5.75 Å². The maximum absolute atomic E-state index is 12.8. The Kier molecular flexibility index (Phi) is 5.19. The average molecular weight is 229 g/mol. The van der Waals surface area contributed by atoms with Gasteiger partial charge in [0.2, 0.25) is 0 Å². The predicted octanol–water partition coefficient (Wildman–Crippen LogP) is 2.59. The van der Waals surface area contributed by atoms with Gasteiger partial charge in [0, 0.05) is 18.5 Å². The molecule has 0 aliphatic carbocycles. The molecule has 0 fully saturated rings. The van der Waals surface area contributed by atoms with Crippen molar-refractivity contribution in [1.82, 2.24) is 5.32 Å². The van der Waals surface area contributed by atoms with Gasteiger partial charge in [-0.15, -0.1) is 0 Å². The van der Waals surface area contributed by atoms with Crippen molar-refractivity contribution in [2.75, 3.05) is 19.7 Å². The van der Waals surface area contributed by atoms with E-state index in [2.05, 4.69) is 5.32 Å². The third-order valence-electron chi connectivity index (χ3n) is 2.17. The Morgan fingerprint density at radius 3 is 2.69 bits per heavy atom. The number of hydrogen-bond acceptors (Lipinski definition) is 2. The summed E-state index contributed by atoms with van der Waals surface area (Å²) in [5.41, 5.74) is 0. The second-order valence-electron chi connectivity index (χ2n) is 3.80. The number of hydrogen-bond donors (Lipinski definition) is 1. The molecule has 0 aliphatic heterocycles. The van der Waals surface area contributed by atoms with Crippen LogP contribution in [-0.4, -0.2) is 19.7 Å². The summed E-state index contributed by atoms with van der Waals surface area (Å²) in [7, 11) is 0. The van der Waals surface area contributed by atoms with Gasteiger partial charge < -0.3 is 10.1 Å². The lowest BCUT2D eigenvalue weighted by Crippen LogP contribution is -2.24. The molecule has 1 aromatic carbocycles. The van der Waals surface area contributed by atoms with E-state index in [1.54, 1.807) is 0 Å². The SMILES string of the molecule is CCNCC(C)COc1ccc(F)c(F)c1. The van der Waals surface area contributed by atoms with Crippen LogP contribution in [0.2, 0.25) is 0 Å². The Morgan fingerprint density at radius 1 is 1.31 bits per heavy atom. The molecule has 90 valence electrons.